The van der Waals surface area contributed by atoms with Gasteiger partial charge in [-0.05, 0) is 19.1 Å². The van der Waals surface area contributed by atoms with E-state index in [2.05, 4.69) is 25.4 Å². The minimum atomic E-state index is -3.47. The van der Waals surface area contributed by atoms with Crippen LogP contribution >= 0.6 is 0 Å². The lowest BCUT2D eigenvalue weighted by atomic mass is 9.77. The van der Waals surface area contributed by atoms with Crippen molar-refractivity contribution in [1.29, 1.82) is 0 Å². The maximum Gasteiger partial charge on any atom is 0.299 e. The summed E-state index contributed by atoms with van der Waals surface area (Å²) in [6.07, 6.45) is 0.996. The van der Waals surface area contributed by atoms with Crippen molar-refractivity contribution in [2.75, 3.05) is 11.9 Å². The van der Waals surface area contributed by atoms with Crippen molar-refractivity contribution < 1.29 is 27.1 Å². The standard InChI is InChI=1S/C22H14F4N6O2/c1-21-14-16(30-20(21)33)28-17(29-19(14)34-9-22(21,25)26)15-12-6-11(23)7-27-18(12)32(31-15)8-10-4-2-3-5-13(10)24/h2-7H,8-9H2,1H3,(H,28,29,30,33)/t21-/m0/s1. The Labute approximate surface area is 188 Å². The molecule has 1 amide bonds. The average Bonchev–Trinajstić information content (AvgIpc) is 3.28. The highest BCUT2D eigenvalue weighted by Crippen LogP contribution is 2.53. The molecule has 2 aliphatic rings. The van der Waals surface area contributed by atoms with Crippen LogP contribution in [0, 0.1) is 11.6 Å². The maximum atomic E-state index is 14.6. The molecule has 34 heavy (non-hydrogen) atoms. The van der Waals surface area contributed by atoms with E-state index in [4.69, 9.17) is 4.74 Å². The molecule has 0 aliphatic carbocycles. The first-order chi connectivity index (χ1) is 16.2. The van der Waals surface area contributed by atoms with Gasteiger partial charge >= 0.3 is 0 Å². The Bertz CT molecular complexity index is 1520. The van der Waals surface area contributed by atoms with E-state index in [1.165, 1.54) is 16.8 Å². The van der Waals surface area contributed by atoms with Crippen molar-refractivity contribution in [3.63, 3.8) is 0 Å². The van der Waals surface area contributed by atoms with Crippen molar-refractivity contribution >= 4 is 22.8 Å². The molecular weight excluding hydrogens is 456 g/mol. The molecule has 0 radical (unpaired) electrons. The van der Waals surface area contributed by atoms with Gasteiger partial charge in [-0.2, -0.15) is 10.1 Å². The zero-order valence-corrected chi connectivity index (χ0v) is 17.4. The molecule has 5 heterocycles. The predicted octanol–water partition coefficient (Wildman–Crippen LogP) is 3.45. The number of pyridine rings is 1. The molecule has 6 rings (SSSR count). The van der Waals surface area contributed by atoms with Gasteiger partial charge in [0, 0.05) is 5.56 Å². The number of amides is 1. The van der Waals surface area contributed by atoms with E-state index in [9.17, 15) is 22.4 Å². The van der Waals surface area contributed by atoms with Gasteiger partial charge in [-0.25, -0.2) is 32.2 Å². The number of nitrogens with zero attached hydrogens (tertiary/aromatic N) is 5. The van der Waals surface area contributed by atoms with E-state index in [-0.39, 0.29) is 46.4 Å². The second kappa shape index (κ2) is 6.72. The van der Waals surface area contributed by atoms with Crippen LogP contribution in [-0.2, 0) is 16.8 Å². The van der Waals surface area contributed by atoms with Crippen LogP contribution in [0.5, 0.6) is 5.88 Å². The van der Waals surface area contributed by atoms with E-state index in [0.717, 1.165) is 13.1 Å². The Kier molecular flexibility index (Phi) is 4.05. The summed E-state index contributed by atoms with van der Waals surface area (Å²) in [6, 6.07) is 7.26. The summed E-state index contributed by atoms with van der Waals surface area (Å²) in [5, 5.41) is 7.01. The van der Waals surface area contributed by atoms with Crippen LogP contribution in [0.1, 0.15) is 18.1 Å². The SMILES string of the molecule is C[C@@]12C(=O)Nc3nc(-c4nn(Cc5ccccc5F)c5ncc(F)cc45)nc(c31)OCC2(F)F. The average molecular weight is 470 g/mol. The maximum absolute atomic E-state index is 14.6. The minimum absolute atomic E-state index is 0.0167. The third-order valence-electron chi connectivity index (χ3n) is 6.23. The van der Waals surface area contributed by atoms with E-state index < -0.39 is 35.5 Å². The number of halogens is 4. The molecule has 4 aromatic rings. The molecule has 1 aromatic carbocycles. The number of alkyl halides is 2. The van der Waals surface area contributed by atoms with Crippen LogP contribution < -0.4 is 10.1 Å². The monoisotopic (exact) mass is 470 g/mol. The number of benzene rings is 1. The Hall–Kier alpha value is -4.09. The van der Waals surface area contributed by atoms with Crippen LogP contribution in [-0.4, -0.2) is 43.2 Å². The smallest absolute Gasteiger partial charge is 0.299 e. The molecule has 1 atom stereocenters. The van der Waals surface area contributed by atoms with Gasteiger partial charge in [0.2, 0.25) is 11.8 Å². The molecule has 0 fully saturated rings. The van der Waals surface area contributed by atoms with Crippen molar-refractivity contribution in [1.82, 2.24) is 24.7 Å². The highest BCUT2D eigenvalue weighted by atomic mass is 19.3. The van der Waals surface area contributed by atoms with Crippen molar-refractivity contribution in [2.45, 2.75) is 24.8 Å². The summed E-state index contributed by atoms with van der Waals surface area (Å²) >= 11 is 0. The molecular formula is C22H14F4N6O2. The molecule has 2 aliphatic heterocycles. The van der Waals surface area contributed by atoms with E-state index in [1.54, 1.807) is 18.2 Å². The van der Waals surface area contributed by atoms with Gasteiger partial charge in [-0.1, -0.05) is 18.2 Å². The predicted molar refractivity (Wildman–Crippen MR) is 110 cm³/mol. The molecule has 0 unspecified atom stereocenters. The number of nitrogens with one attached hydrogen (secondary N) is 1. The lowest BCUT2D eigenvalue weighted by Gasteiger charge is -2.35. The summed E-state index contributed by atoms with van der Waals surface area (Å²) in [5.74, 6) is -5.91. The van der Waals surface area contributed by atoms with Gasteiger partial charge in [0.25, 0.3) is 5.92 Å². The second-order valence-electron chi connectivity index (χ2n) is 8.27. The molecule has 12 heteroatoms. The highest BCUT2D eigenvalue weighted by molar-refractivity contribution is 6.07. The van der Waals surface area contributed by atoms with Gasteiger partial charge in [-0.15, -0.1) is 0 Å². The molecule has 0 bridgehead atoms. The topological polar surface area (TPSA) is 94.8 Å². The van der Waals surface area contributed by atoms with Gasteiger partial charge < -0.3 is 10.1 Å². The molecule has 1 N–H and O–H groups in total. The normalized spacial score (nSPS) is 20.2. The number of ether oxygens (including phenoxy) is 1. The van der Waals surface area contributed by atoms with Gasteiger partial charge in [0.15, 0.2) is 18.1 Å². The molecule has 0 saturated carbocycles. The van der Waals surface area contributed by atoms with Crippen molar-refractivity contribution in [3.8, 4) is 17.4 Å². The van der Waals surface area contributed by atoms with Gasteiger partial charge in [0.1, 0.15) is 28.6 Å². The number of aromatic nitrogens is 5. The number of rotatable bonds is 3. The lowest BCUT2D eigenvalue weighted by Crippen LogP contribution is -2.54. The fourth-order valence-corrected chi connectivity index (χ4v) is 4.29. The Morgan fingerprint density at radius 2 is 2.00 bits per heavy atom. The summed E-state index contributed by atoms with van der Waals surface area (Å²) in [7, 11) is 0. The number of anilines is 1. The molecule has 0 saturated heterocycles. The van der Waals surface area contributed by atoms with E-state index >= 15 is 0 Å². The van der Waals surface area contributed by atoms with Crippen LogP contribution in [0.15, 0.2) is 36.5 Å². The highest BCUT2D eigenvalue weighted by Gasteiger charge is 2.65. The molecule has 172 valence electrons. The summed E-state index contributed by atoms with van der Waals surface area (Å²) < 4.78 is 64.1. The van der Waals surface area contributed by atoms with Gasteiger partial charge in [-0.3, -0.25) is 4.79 Å². The minimum Gasteiger partial charge on any atom is -0.471 e. The third-order valence-corrected chi connectivity index (χ3v) is 6.23. The third kappa shape index (κ3) is 2.68. The van der Waals surface area contributed by atoms with Crippen molar-refractivity contribution in [2.24, 2.45) is 0 Å². The number of carbonyl (C=O) groups excluding carboxylic acids is 1. The van der Waals surface area contributed by atoms with Crippen molar-refractivity contribution in [3.05, 3.63) is 59.3 Å². The zero-order valence-electron chi connectivity index (χ0n) is 17.4. The van der Waals surface area contributed by atoms with E-state index in [0.29, 0.717) is 5.56 Å². The second-order valence-corrected chi connectivity index (χ2v) is 8.27. The van der Waals surface area contributed by atoms with Crippen LogP contribution in [0.2, 0.25) is 0 Å². The van der Waals surface area contributed by atoms with E-state index in [1.807, 2.05) is 0 Å². The van der Waals surface area contributed by atoms with Crippen LogP contribution in [0.25, 0.3) is 22.6 Å². The molecule has 8 nitrogen and oxygen atoms in total. The fourth-order valence-electron chi connectivity index (χ4n) is 4.29. The first-order valence-corrected chi connectivity index (χ1v) is 10.2. The quantitative estimate of drug-likeness (QED) is 0.461. The molecule has 0 spiro atoms. The zero-order chi connectivity index (χ0) is 23.8. The number of hydrogen-bond donors (Lipinski definition) is 1. The van der Waals surface area contributed by atoms with Crippen LogP contribution in [0.3, 0.4) is 0 Å². The number of hydrogen-bond acceptors (Lipinski definition) is 6. The first-order valence-electron chi connectivity index (χ1n) is 10.2. The summed E-state index contributed by atoms with van der Waals surface area (Å²) in [5.41, 5.74) is -1.70. The Balaban J connectivity index is 1.54. The lowest BCUT2D eigenvalue weighted by molar-refractivity contribution is -0.148. The first kappa shape index (κ1) is 20.5. The van der Waals surface area contributed by atoms with Gasteiger partial charge in [0.05, 0.1) is 23.7 Å². The number of carbonyl (C=O) groups is 1. The largest absolute Gasteiger partial charge is 0.471 e. The molecule has 3 aromatic heterocycles. The Morgan fingerprint density at radius 1 is 1.21 bits per heavy atom. The number of fused-ring (bicyclic) bond motifs is 1. The van der Waals surface area contributed by atoms with Crippen LogP contribution in [0.4, 0.5) is 23.4 Å². The fraction of sp³-hybridized carbons (Fsp3) is 0.227. The summed E-state index contributed by atoms with van der Waals surface area (Å²) in [4.78, 5) is 25.1. The summed E-state index contributed by atoms with van der Waals surface area (Å²) in [6.45, 7) is 0.0522. The Morgan fingerprint density at radius 3 is 2.79 bits per heavy atom.